The fourth-order valence-electron chi connectivity index (χ4n) is 2.50. The highest BCUT2D eigenvalue weighted by Gasteiger charge is 2.30. The molecule has 1 fully saturated rings. The number of rotatable bonds is 4. The van der Waals surface area contributed by atoms with Gasteiger partial charge in [0.2, 0.25) is 5.88 Å². The van der Waals surface area contributed by atoms with Gasteiger partial charge in [-0.1, -0.05) is 0 Å². The van der Waals surface area contributed by atoms with Crippen molar-refractivity contribution >= 4 is 11.9 Å². The van der Waals surface area contributed by atoms with E-state index in [9.17, 15) is 9.59 Å². The first-order chi connectivity index (χ1) is 10.2. The molecule has 114 valence electrons. The Morgan fingerprint density at radius 3 is 3.00 bits per heavy atom. The van der Waals surface area contributed by atoms with Crippen molar-refractivity contribution in [2.75, 3.05) is 26.8 Å². The van der Waals surface area contributed by atoms with Crippen LogP contribution in [0.2, 0.25) is 0 Å². The molecule has 0 saturated carbocycles. The van der Waals surface area contributed by atoms with Gasteiger partial charge in [0.05, 0.1) is 19.6 Å². The predicted molar refractivity (Wildman–Crippen MR) is 76.0 cm³/mol. The summed E-state index contributed by atoms with van der Waals surface area (Å²) in [5.41, 5.74) is 0.421. The minimum atomic E-state index is -0.245. The molecule has 0 aliphatic carbocycles. The molecule has 2 heterocycles. The number of amides is 1. The summed E-state index contributed by atoms with van der Waals surface area (Å²) in [6.07, 6.45) is 3.12. The molecule has 1 aliphatic heterocycles. The van der Waals surface area contributed by atoms with Crippen LogP contribution in [0.3, 0.4) is 0 Å². The largest absolute Gasteiger partial charge is 0.480 e. The third kappa shape index (κ3) is 3.51. The molecule has 2 rings (SSSR count). The number of piperidine rings is 1. The molecule has 0 bridgehead atoms. The zero-order valence-electron chi connectivity index (χ0n) is 12.4. The maximum absolute atomic E-state index is 12.6. The second kappa shape index (κ2) is 7.06. The van der Waals surface area contributed by atoms with E-state index in [-0.39, 0.29) is 17.8 Å². The van der Waals surface area contributed by atoms with Gasteiger partial charge in [-0.2, -0.15) is 0 Å². The molecule has 21 heavy (non-hydrogen) atoms. The normalized spacial score (nSPS) is 18.2. The van der Waals surface area contributed by atoms with Crippen LogP contribution in [0.5, 0.6) is 5.88 Å². The minimum Gasteiger partial charge on any atom is -0.480 e. The molecule has 0 radical (unpaired) electrons. The second-order valence-electron chi connectivity index (χ2n) is 4.90. The van der Waals surface area contributed by atoms with Gasteiger partial charge in [-0.05, 0) is 31.9 Å². The molecule has 6 nitrogen and oxygen atoms in total. The van der Waals surface area contributed by atoms with E-state index >= 15 is 0 Å². The Morgan fingerprint density at radius 1 is 1.48 bits per heavy atom. The molecular weight excluding hydrogens is 272 g/mol. The Labute approximate surface area is 124 Å². The maximum Gasteiger partial charge on any atom is 0.310 e. The quantitative estimate of drug-likeness (QED) is 0.787. The summed E-state index contributed by atoms with van der Waals surface area (Å²) in [5, 5.41) is 0. The zero-order chi connectivity index (χ0) is 15.2. The van der Waals surface area contributed by atoms with Gasteiger partial charge in [0.25, 0.3) is 5.91 Å². The molecule has 0 N–H and O–H groups in total. The van der Waals surface area contributed by atoms with E-state index in [4.69, 9.17) is 9.47 Å². The molecule has 1 aromatic heterocycles. The number of pyridine rings is 1. The van der Waals surface area contributed by atoms with E-state index in [2.05, 4.69) is 4.98 Å². The van der Waals surface area contributed by atoms with Gasteiger partial charge < -0.3 is 14.4 Å². The first-order valence-electron chi connectivity index (χ1n) is 7.12. The third-order valence-electron chi connectivity index (χ3n) is 3.52. The van der Waals surface area contributed by atoms with Gasteiger partial charge in [0.1, 0.15) is 5.56 Å². The van der Waals surface area contributed by atoms with Gasteiger partial charge in [-0.15, -0.1) is 0 Å². The van der Waals surface area contributed by atoms with Gasteiger partial charge in [-0.3, -0.25) is 9.59 Å². The highest BCUT2D eigenvalue weighted by Crippen LogP contribution is 2.22. The van der Waals surface area contributed by atoms with Crippen LogP contribution in [-0.4, -0.2) is 48.6 Å². The third-order valence-corrected chi connectivity index (χ3v) is 3.52. The molecule has 1 aromatic rings. The molecule has 1 amide bonds. The smallest absolute Gasteiger partial charge is 0.310 e. The summed E-state index contributed by atoms with van der Waals surface area (Å²) in [7, 11) is 1.48. The average molecular weight is 292 g/mol. The molecule has 0 spiro atoms. The van der Waals surface area contributed by atoms with Crippen LogP contribution in [0.25, 0.3) is 0 Å². The number of nitrogens with zero attached hydrogens (tertiary/aromatic N) is 2. The first-order valence-corrected chi connectivity index (χ1v) is 7.12. The number of hydrogen-bond donors (Lipinski definition) is 0. The van der Waals surface area contributed by atoms with Gasteiger partial charge in [-0.25, -0.2) is 4.98 Å². The van der Waals surface area contributed by atoms with Crippen molar-refractivity contribution in [3.05, 3.63) is 23.9 Å². The molecule has 6 heteroatoms. The standard InChI is InChI=1S/C15H20N2O4/c1-3-21-15(19)11-6-5-9-17(10-11)14(18)12-7-4-8-16-13(12)20-2/h4,7-8,11H,3,5-6,9-10H2,1-2H3. The summed E-state index contributed by atoms with van der Waals surface area (Å²) in [6.45, 7) is 3.16. The zero-order valence-corrected chi connectivity index (χ0v) is 12.4. The molecule has 1 atom stereocenters. The van der Waals surface area contributed by atoms with Crippen molar-refractivity contribution in [3.63, 3.8) is 0 Å². The number of hydrogen-bond acceptors (Lipinski definition) is 5. The Kier molecular flexibility index (Phi) is 5.14. The van der Waals surface area contributed by atoms with E-state index < -0.39 is 0 Å². The summed E-state index contributed by atoms with van der Waals surface area (Å²) in [6, 6.07) is 3.38. The van der Waals surface area contributed by atoms with Crippen LogP contribution in [0, 0.1) is 5.92 Å². The number of carbonyl (C=O) groups excluding carboxylic acids is 2. The lowest BCUT2D eigenvalue weighted by Crippen LogP contribution is -2.43. The second-order valence-corrected chi connectivity index (χ2v) is 4.90. The summed E-state index contributed by atoms with van der Waals surface area (Å²) < 4.78 is 10.2. The Hall–Kier alpha value is -2.11. The highest BCUT2D eigenvalue weighted by molar-refractivity contribution is 5.96. The fourth-order valence-corrected chi connectivity index (χ4v) is 2.50. The molecular formula is C15H20N2O4. The van der Waals surface area contributed by atoms with Gasteiger partial charge in [0.15, 0.2) is 0 Å². The SMILES string of the molecule is CCOC(=O)C1CCCN(C(=O)c2cccnc2OC)C1. The number of likely N-dealkylation sites (tertiary alicyclic amines) is 1. The number of carbonyl (C=O) groups is 2. The van der Waals surface area contributed by atoms with E-state index in [0.29, 0.717) is 31.1 Å². The maximum atomic E-state index is 12.6. The number of esters is 1. The van der Waals surface area contributed by atoms with E-state index in [1.54, 1.807) is 30.2 Å². The Balaban J connectivity index is 2.10. The lowest BCUT2D eigenvalue weighted by Gasteiger charge is -2.31. The summed E-state index contributed by atoms with van der Waals surface area (Å²) in [4.78, 5) is 30.1. The number of methoxy groups -OCH3 is 1. The van der Waals surface area contributed by atoms with Crippen molar-refractivity contribution in [1.29, 1.82) is 0 Å². The Morgan fingerprint density at radius 2 is 2.29 bits per heavy atom. The van der Waals surface area contributed by atoms with Crippen molar-refractivity contribution in [3.8, 4) is 5.88 Å². The molecule has 1 saturated heterocycles. The van der Waals surface area contributed by atoms with Crippen LogP contribution in [0.15, 0.2) is 18.3 Å². The van der Waals surface area contributed by atoms with Crippen molar-refractivity contribution in [1.82, 2.24) is 9.88 Å². The van der Waals surface area contributed by atoms with Gasteiger partial charge >= 0.3 is 5.97 Å². The number of ether oxygens (including phenoxy) is 2. The van der Waals surface area contributed by atoms with Crippen molar-refractivity contribution in [2.24, 2.45) is 5.92 Å². The van der Waals surface area contributed by atoms with Crippen LogP contribution in [0.4, 0.5) is 0 Å². The lowest BCUT2D eigenvalue weighted by atomic mass is 9.97. The van der Waals surface area contributed by atoms with E-state index in [1.807, 2.05) is 0 Å². The van der Waals surface area contributed by atoms with Gasteiger partial charge in [0, 0.05) is 19.3 Å². The Bertz CT molecular complexity index is 518. The monoisotopic (exact) mass is 292 g/mol. The lowest BCUT2D eigenvalue weighted by molar-refractivity contribution is -0.149. The van der Waals surface area contributed by atoms with E-state index in [1.165, 1.54) is 7.11 Å². The number of aromatic nitrogens is 1. The average Bonchev–Trinajstić information content (AvgIpc) is 2.54. The summed E-state index contributed by atoms with van der Waals surface area (Å²) in [5.74, 6) is -0.326. The van der Waals surface area contributed by atoms with Crippen LogP contribution in [-0.2, 0) is 9.53 Å². The predicted octanol–water partition coefficient (Wildman–Crippen LogP) is 1.51. The molecule has 1 unspecified atom stereocenters. The van der Waals surface area contributed by atoms with Crippen LogP contribution < -0.4 is 4.74 Å². The van der Waals surface area contributed by atoms with E-state index in [0.717, 1.165) is 12.8 Å². The minimum absolute atomic E-state index is 0.158. The highest BCUT2D eigenvalue weighted by atomic mass is 16.5. The fraction of sp³-hybridized carbons (Fsp3) is 0.533. The van der Waals surface area contributed by atoms with Crippen molar-refractivity contribution < 1.29 is 19.1 Å². The van der Waals surface area contributed by atoms with Crippen LogP contribution >= 0.6 is 0 Å². The topological polar surface area (TPSA) is 68.7 Å². The molecule has 0 aromatic carbocycles. The first kappa shape index (κ1) is 15.3. The van der Waals surface area contributed by atoms with Crippen LogP contribution in [0.1, 0.15) is 30.1 Å². The van der Waals surface area contributed by atoms with Crippen molar-refractivity contribution in [2.45, 2.75) is 19.8 Å². The summed E-state index contributed by atoms with van der Waals surface area (Å²) >= 11 is 0. The molecule has 1 aliphatic rings.